The zero-order valence-electron chi connectivity index (χ0n) is 10.3. The van der Waals surface area contributed by atoms with Gasteiger partial charge in [0.2, 0.25) is 0 Å². The van der Waals surface area contributed by atoms with E-state index in [-0.39, 0.29) is 0 Å². The van der Waals surface area contributed by atoms with Gasteiger partial charge in [-0.1, -0.05) is 34.5 Å². The summed E-state index contributed by atoms with van der Waals surface area (Å²) in [6, 6.07) is 9.90. The molecule has 92 valence electrons. The van der Waals surface area contributed by atoms with Crippen molar-refractivity contribution in [2.24, 2.45) is 11.8 Å². The van der Waals surface area contributed by atoms with Crippen molar-refractivity contribution in [3.63, 3.8) is 0 Å². The molecule has 0 spiro atoms. The molecule has 0 aliphatic heterocycles. The average molecular weight is 294 g/mol. The monoisotopic (exact) mass is 293 g/mol. The highest BCUT2D eigenvalue weighted by Crippen LogP contribution is 2.45. The third-order valence-corrected chi connectivity index (χ3v) is 5.04. The minimum Gasteiger partial charge on any atom is -0.307 e. The minimum atomic E-state index is 0.469. The van der Waals surface area contributed by atoms with E-state index in [9.17, 15) is 0 Å². The SMILES string of the molecule is C[C@@H](NC1CC2CCC1C2)c1cccc(Br)c1. The topological polar surface area (TPSA) is 12.0 Å². The molecule has 0 aromatic heterocycles. The zero-order valence-corrected chi connectivity index (χ0v) is 11.9. The summed E-state index contributed by atoms with van der Waals surface area (Å²) in [4.78, 5) is 0. The summed E-state index contributed by atoms with van der Waals surface area (Å²) < 4.78 is 1.18. The van der Waals surface area contributed by atoms with E-state index in [1.54, 1.807) is 0 Å². The Morgan fingerprint density at radius 1 is 1.29 bits per heavy atom. The molecule has 2 fully saturated rings. The van der Waals surface area contributed by atoms with E-state index in [4.69, 9.17) is 0 Å². The van der Waals surface area contributed by atoms with Gasteiger partial charge in [0, 0.05) is 16.6 Å². The van der Waals surface area contributed by atoms with Crippen LogP contribution in [0.4, 0.5) is 0 Å². The Morgan fingerprint density at radius 3 is 2.82 bits per heavy atom. The predicted molar refractivity (Wildman–Crippen MR) is 74.9 cm³/mol. The molecule has 3 rings (SSSR count). The molecular weight excluding hydrogens is 274 g/mol. The van der Waals surface area contributed by atoms with Crippen molar-refractivity contribution >= 4 is 15.9 Å². The molecule has 3 unspecified atom stereocenters. The van der Waals surface area contributed by atoms with Gasteiger partial charge in [0.15, 0.2) is 0 Å². The summed E-state index contributed by atoms with van der Waals surface area (Å²) in [5, 5.41) is 3.83. The van der Waals surface area contributed by atoms with Gasteiger partial charge in [0.05, 0.1) is 0 Å². The molecule has 17 heavy (non-hydrogen) atoms. The molecule has 1 aromatic carbocycles. The number of benzene rings is 1. The highest BCUT2D eigenvalue weighted by molar-refractivity contribution is 9.10. The number of hydrogen-bond donors (Lipinski definition) is 1. The van der Waals surface area contributed by atoms with Gasteiger partial charge < -0.3 is 5.32 Å². The maximum absolute atomic E-state index is 3.83. The number of fused-ring (bicyclic) bond motifs is 2. The van der Waals surface area contributed by atoms with E-state index in [0.29, 0.717) is 6.04 Å². The molecular formula is C15H20BrN. The fraction of sp³-hybridized carbons (Fsp3) is 0.600. The maximum Gasteiger partial charge on any atom is 0.0294 e. The van der Waals surface area contributed by atoms with Crippen molar-refractivity contribution < 1.29 is 0 Å². The van der Waals surface area contributed by atoms with Gasteiger partial charge in [0.1, 0.15) is 0 Å². The van der Waals surface area contributed by atoms with Crippen LogP contribution in [0.1, 0.15) is 44.2 Å². The summed E-state index contributed by atoms with van der Waals surface area (Å²) in [7, 11) is 0. The summed E-state index contributed by atoms with van der Waals surface area (Å²) >= 11 is 3.55. The first-order chi connectivity index (χ1) is 8.22. The van der Waals surface area contributed by atoms with Crippen LogP contribution in [0.15, 0.2) is 28.7 Å². The van der Waals surface area contributed by atoms with Crippen LogP contribution in [0.3, 0.4) is 0 Å². The molecule has 0 saturated heterocycles. The first kappa shape index (κ1) is 11.7. The Labute approximate surface area is 112 Å². The lowest BCUT2D eigenvalue weighted by Gasteiger charge is -2.27. The molecule has 4 atom stereocenters. The van der Waals surface area contributed by atoms with Crippen molar-refractivity contribution in [2.45, 2.75) is 44.7 Å². The fourth-order valence-corrected chi connectivity index (χ4v) is 4.06. The molecule has 2 aliphatic carbocycles. The first-order valence-electron chi connectivity index (χ1n) is 6.74. The number of nitrogens with one attached hydrogen (secondary N) is 1. The van der Waals surface area contributed by atoms with Crippen LogP contribution in [0.5, 0.6) is 0 Å². The number of rotatable bonds is 3. The van der Waals surface area contributed by atoms with Crippen molar-refractivity contribution in [2.75, 3.05) is 0 Å². The Hall–Kier alpha value is -0.340. The van der Waals surface area contributed by atoms with Gasteiger partial charge in [-0.15, -0.1) is 0 Å². The highest BCUT2D eigenvalue weighted by atomic mass is 79.9. The van der Waals surface area contributed by atoms with E-state index in [0.717, 1.165) is 17.9 Å². The van der Waals surface area contributed by atoms with Crippen LogP contribution >= 0.6 is 15.9 Å². The first-order valence-corrected chi connectivity index (χ1v) is 7.53. The smallest absolute Gasteiger partial charge is 0.0294 e. The quantitative estimate of drug-likeness (QED) is 0.877. The second kappa shape index (κ2) is 4.74. The second-order valence-corrected chi connectivity index (χ2v) is 6.64. The van der Waals surface area contributed by atoms with Gasteiger partial charge in [-0.3, -0.25) is 0 Å². The van der Waals surface area contributed by atoms with Gasteiger partial charge in [0.25, 0.3) is 0 Å². The van der Waals surface area contributed by atoms with Crippen LogP contribution in [0.25, 0.3) is 0 Å². The van der Waals surface area contributed by atoms with E-state index in [1.807, 2.05) is 0 Å². The summed E-state index contributed by atoms with van der Waals surface area (Å²) in [5.74, 6) is 1.97. The Morgan fingerprint density at radius 2 is 2.18 bits per heavy atom. The van der Waals surface area contributed by atoms with E-state index in [1.165, 1.54) is 35.7 Å². The predicted octanol–water partition coefficient (Wildman–Crippen LogP) is 4.29. The molecule has 1 nitrogen and oxygen atoms in total. The standard InChI is InChI=1S/C15H20BrN/c1-10(12-3-2-4-14(16)9-12)17-15-8-11-5-6-13(15)7-11/h2-4,9-11,13,15,17H,5-8H2,1H3/t10-,11?,13?,15?/m1/s1. The van der Waals surface area contributed by atoms with Gasteiger partial charge >= 0.3 is 0 Å². The van der Waals surface area contributed by atoms with E-state index >= 15 is 0 Å². The van der Waals surface area contributed by atoms with Gasteiger partial charge in [-0.05, 0) is 55.7 Å². The highest BCUT2D eigenvalue weighted by Gasteiger charge is 2.39. The maximum atomic E-state index is 3.83. The Balaban J connectivity index is 1.65. The van der Waals surface area contributed by atoms with E-state index < -0.39 is 0 Å². The average Bonchev–Trinajstić information content (AvgIpc) is 2.91. The van der Waals surface area contributed by atoms with Crippen molar-refractivity contribution in [3.05, 3.63) is 34.3 Å². The van der Waals surface area contributed by atoms with Crippen LogP contribution in [0, 0.1) is 11.8 Å². The molecule has 0 heterocycles. The van der Waals surface area contributed by atoms with Crippen LogP contribution < -0.4 is 5.32 Å². The molecule has 0 amide bonds. The van der Waals surface area contributed by atoms with Crippen LogP contribution in [-0.2, 0) is 0 Å². The summed E-state index contributed by atoms with van der Waals surface area (Å²) in [6.07, 6.45) is 5.81. The third-order valence-electron chi connectivity index (χ3n) is 4.55. The van der Waals surface area contributed by atoms with Crippen LogP contribution in [0.2, 0.25) is 0 Å². The van der Waals surface area contributed by atoms with Crippen molar-refractivity contribution in [3.8, 4) is 0 Å². The number of hydrogen-bond acceptors (Lipinski definition) is 1. The third kappa shape index (κ3) is 2.43. The van der Waals surface area contributed by atoms with Gasteiger partial charge in [-0.25, -0.2) is 0 Å². The molecule has 1 N–H and O–H groups in total. The normalized spacial score (nSPS) is 32.9. The zero-order chi connectivity index (χ0) is 11.8. The molecule has 0 radical (unpaired) electrons. The lowest BCUT2D eigenvalue weighted by molar-refractivity contribution is 0.327. The van der Waals surface area contributed by atoms with Crippen molar-refractivity contribution in [1.82, 2.24) is 5.32 Å². The lowest BCUT2D eigenvalue weighted by Crippen LogP contribution is -2.35. The minimum absolute atomic E-state index is 0.469. The number of halogens is 1. The fourth-order valence-electron chi connectivity index (χ4n) is 3.64. The molecule has 2 aliphatic rings. The molecule has 2 bridgehead atoms. The molecule has 2 saturated carbocycles. The largest absolute Gasteiger partial charge is 0.307 e. The summed E-state index contributed by atoms with van der Waals surface area (Å²) in [6.45, 7) is 2.29. The molecule has 1 aromatic rings. The second-order valence-electron chi connectivity index (χ2n) is 5.72. The van der Waals surface area contributed by atoms with Crippen molar-refractivity contribution in [1.29, 1.82) is 0 Å². The Bertz CT molecular complexity index is 404. The lowest BCUT2D eigenvalue weighted by atomic mass is 9.94. The van der Waals surface area contributed by atoms with Crippen LogP contribution in [-0.4, -0.2) is 6.04 Å². The van der Waals surface area contributed by atoms with Gasteiger partial charge in [-0.2, -0.15) is 0 Å². The summed E-state index contributed by atoms with van der Waals surface area (Å²) in [5.41, 5.74) is 1.39. The Kier molecular flexibility index (Phi) is 3.27. The molecule has 2 heteroatoms. The van der Waals surface area contributed by atoms with E-state index in [2.05, 4.69) is 52.4 Å².